The zero-order valence-corrected chi connectivity index (χ0v) is 19.1. The van der Waals surface area contributed by atoms with E-state index in [4.69, 9.17) is 14.2 Å². The van der Waals surface area contributed by atoms with E-state index in [9.17, 15) is 9.59 Å². The van der Waals surface area contributed by atoms with Crippen molar-refractivity contribution in [2.45, 2.75) is 19.1 Å². The van der Waals surface area contributed by atoms with E-state index in [0.717, 1.165) is 16.8 Å². The van der Waals surface area contributed by atoms with E-state index in [1.807, 2.05) is 24.3 Å². The van der Waals surface area contributed by atoms with Crippen molar-refractivity contribution >= 4 is 23.6 Å². The number of cyclic esters (lactones) is 1. The van der Waals surface area contributed by atoms with Crippen molar-refractivity contribution in [3.63, 3.8) is 0 Å². The molecule has 1 atom stereocenters. The van der Waals surface area contributed by atoms with Crippen LogP contribution in [0.4, 0.5) is 16.4 Å². The molecule has 3 aromatic rings. The van der Waals surface area contributed by atoms with Gasteiger partial charge in [0.15, 0.2) is 18.2 Å². The van der Waals surface area contributed by atoms with E-state index in [-0.39, 0.29) is 18.6 Å². The first-order valence-corrected chi connectivity index (χ1v) is 11.2. The van der Waals surface area contributed by atoms with Crippen LogP contribution in [0, 0.1) is 0 Å². The van der Waals surface area contributed by atoms with Gasteiger partial charge in [0, 0.05) is 18.2 Å². The summed E-state index contributed by atoms with van der Waals surface area (Å²) in [5.74, 6) is 1.39. The Morgan fingerprint density at radius 2 is 2.09 bits per heavy atom. The van der Waals surface area contributed by atoms with E-state index >= 15 is 0 Å². The summed E-state index contributed by atoms with van der Waals surface area (Å²) in [4.78, 5) is 29.7. The Kier molecular flexibility index (Phi) is 6.40. The Morgan fingerprint density at radius 3 is 2.91 bits per heavy atom. The van der Waals surface area contributed by atoms with Crippen LogP contribution in [-0.2, 0) is 16.1 Å². The first-order valence-electron chi connectivity index (χ1n) is 11.2. The lowest BCUT2D eigenvalue weighted by Crippen LogP contribution is -2.29. The number of aromatic nitrogens is 3. The van der Waals surface area contributed by atoms with Crippen molar-refractivity contribution in [3.8, 4) is 22.9 Å². The SMILES string of the molecule is COc1ccc(-c2cccc(CNCC[C@H]3CN(c4ccc5c(n4)NC(=O)CO5)C(=O)O3)c2)nn1. The first kappa shape index (κ1) is 22.5. The van der Waals surface area contributed by atoms with Crippen molar-refractivity contribution in [2.75, 3.05) is 37.0 Å². The van der Waals surface area contributed by atoms with Crippen LogP contribution < -0.4 is 25.0 Å². The number of amides is 2. The van der Waals surface area contributed by atoms with Crippen LogP contribution in [0.5, 0.6) is 11.6 Å². The number of nitrogens with zero attached hydrogens (tertiary/aromatic N) is 4. The van der Waals surface area contributed by atoms with Crippen molar-refractivity contribution in [1.29, 1.82) is 0 Å². The van der Waals surface area contributed by atoms with Crippen LogP contribution in [0.25, 0.3) is 11.3 Å². The minimum atomic E-state index is -0.459. The lowest BCUT2D eigenvalue weighted by Gasteiger charge is -2.19. The van der Waals surface area contributed by atoms with Gasteiger partial charge in [0.2, 0.25) is 5.88 Å². The number of nitrogens with one attached hydrogen (secondary N) is 2. The number of hydrogen-bond acceptors (Lipinski definition) is 9. The predicted molar refractivity (Wildman–Crippen MR) is 126 cm³/mol. The van der Waals surface area contributed by atoms with Crippen LogP contribution in [-0.4, -0.2) is 60.1 Å². The molecule has 11 heteroatoms. The fourth-order valence-corrected chi connectivity index (χ4v) is 3.88. The van der Waals surface area contributed by atoms with E-state index in [0.29, 0.717) is 49.3 Å². The highest BCUT2D eigenvalue weighted by atomic mass is 16.6. The molecule has 0 spiro atoms. The molecule has 0 saturated carbocycles. The highest BCUT2D eigenvalue weighted by molar-refractivity contribution is 5.95. The van der Waals surface area contributed by atoms with Gasteiger partial charge in [0.1, 0.15) is 11.9 Å². The quantitative estimate of drug-likeness (QED) is 0.471. The minimum Gasteiger partial charge on any atom is -0.480 e. The molecule has 0 unspecified atom stereocenters. The minimum absolute atomic E-state index is 0.0469. The third-order valence-corrected chi connectivity index (χ3v) is 5.65. The van der Waals surface area contributed by atoms with Gasteiger partial charge in [-0.05, 0) is 42.8 Å². The molecule has 1 fully saturated rings. The summed E-state index contributed by atoms with van der Waals surface area (Å²) in [7, 11) is 1.56. The fourth-order valence-electron chi connectivity index (χ4n) is 3.88. The molecule has 0 aliphatic carbocycles. The average Bonchev–Trinajstić information content (AvgIpc) is 3.26. The van der Waals surface area contributed by atoms with Gasteiger partial charge >= 0.3 is 6.09 Å². The number of pyridine rings is 1. The topological polar surface area (TPSA) is 128 Å². The molecule has 1 saturated heterocycles. The number of fused-ring (bicyclic) bond motifs is 1. The van der Waals surface area contributed by atoms with Crippen molar-refractivity contribution in [1.82, 2.24) is 20.5 Å². The lowest BCUT2D eigenvalue weighted by molar-refractivity contribution is -0.118. The molecule has 2 aliphatic rings. The maximum atomic E-state index is 12.4. The van der Waals surface area contributed by atoms with Gasteiger partial charge in [-0.15, -0.1) is 10.2 Å². The fraction of sp³-hybridized carbons (Fsp3) is 0.292. The van der Waals surface area contributed by atoms with Crippen LogP contribution in [0.1, 0.15) is 12.0 Å². The summed E-state index contributed by atoms with van der Waals surface area (Å²) >= 11 is 0. The number of benzene rings is 1. The summed E-state index contributed by atoms with van der Waals surface area (Å²) in [6.45, 7) is 1.66. The van der Waals surface area contributed by atoms with Gasteiger partial charge in [0.05, 0.1) is 19.3 Å². The number of ether oxygens (including phenoxy) is 3. The second kappa shape index (κ2) is 9.94. The third kappa shape index (κ3) is 5.14. The summed E-state index contributed by atoms with van der Waals surface area (Å²) in [5.41, 5.74) is 2.85. The number of hydrogen-bond donors (Lipinski definition) is 2. The molecule has 2 aliphatic heterocycles. The zero-order valence-electron chi connectivity index (χ0n) is 19.1. The Bertz CT molecular complexity index is 1240. The highest BCUT2D eigenvalue weighted by Crippen LogP contribution is 2.30. The van der Waals surface area contributed by atoms with Gasteiger partial charge in [0.25, 0.3) is 5.91 Å². The van der Waals surface area contributed by atoms with Gasteiger partial charge in [-0.1, -0.05) is 18.2 Å². The van der Waals surface area contributed by atoms with Crippen LogP contribution in [0.15, 0.2) is 48.5 Å². The first-order chi connectivity index (χ1) is 17.1. The number of carbonyl (C=O) groups excluding carboxylic acids is 2. The Labute approximate surface area is 201 Å². The third-order valence-electron chi connectivity index (χ3n) is 5.65. The standard InChI is InChI=1S/C24H24N6O5/c1-33-22-8-5-18(28-29-22)16-4-2-3-15(11-16)12-25-10-9-17-13-30(24(32)35-17)20-7-6-19-23(26-20)27-21(31)14-34-19/h2-8,11,17,25H,9-10,12-14H2,1H3,(H,26,27,31)/t17-/m0/s1. The second-order valence-corrected chi connectivity index (χ2v) is 8.10. The summed E-state index contributed by atoms with van der Waals surface area (Å²) in [6.07, 6.45) is -0.0742. The van der Waals surface area contributed by atoms with Gasteiger partial charge in [-0.25, -0.2) is 9.78 Å². The van der Waals surface area contributed by atoms with Crippen molar-refractivity contribution in [2.24, 2.45) is 0 Å². The van der Waals surface area contributed by atoms with Crippen LogP contribution >= 0.6 is 0 Å². The molecule has 1 aromatic carbocycles. The van der Waals surface area contributed by atoms with Crippen molar-refractivity contribution in [3.05, 3.63) is 54.1 Å². The molecule has 4 heterocycles. The number of methoxy groups -OCH3 is 1. The van der Waals surface area contributed by atoms with E-state index in [1.165, 1.54) is 4.90 Å². The molecule has 180 valence electrons. The van der Waals surface area contributed by atoms with E-state index in [2.05, 4.69) is 31.9 Å². The summed E-state index contributed by atoms with van der Waals surface area (Å²) < 4.78 is 15.9. The molecule has 35 heavy (non-hydrogen) atoms. The number of rotatable bonds is 8. The van der Waals surface area contributed by atoms with Gasteiger partial charge < -0.3 is 24.8 Å². The smallest absolute Gasteiger partial charge is 0.415 e. The lowest BCUT2D eigenvalue weighted by atomic mass is 10.1. The van der Waals surface area contributed by atoms with Crippen molar-refractivity contribution < 1.29 is 23.8 Å². The molecule has 2 N–H and O–H groups in total. The monoisotopic (exact) mass is 476 g/mol. The molecular weight excluding hydrogens is 452 g/mol. The Balaban J connectivity index is 1.12. The number of anilines is 2. The molecule has 11 nitrogen and oxygen atoms in total. The summed E-state index contributed by atoms with van der Waals surface area (Å²) in [6, 6.07) is 15.1. The van der Waals surface area contributed by atoms with Gasteiger partial charge in [-0.3, -0.25) is 9.69 Å². The molecule has 0 bridgehead atoms. The molecule has 2 amide bonds. The van der Waals surface area contributed by atoms with Crippen LogP contribution in [0.2, 0.25) is 0 Å². The predicted octanol–water partition coefficient (Wildman–Crippen LogP) is 2.38. The molecular formula is C24H24N6O5. The number of carbonyl (C=O) groups is 2. The Hall–Kier alpha value is -4.25. The Morgan fingerprint density at radius 1 is 1.17 bits per heavy atom. The van der Waals surface area contributed by atoms with E-state index < -0.39 is 6.09 Å². The maximum Gasteiger partial charge on any atom is 0.415 e. The highest BCUT2D eigenvalue weighted by Gasteiger charge is 2.33. The molecule has 2 aromatic heterocycles. The zero-order chi connectivity index (χ0) is 24.2. The molecule has 0 radical (unpaired) electrons. The second-order valence-electron chi connectivity index (χ2n) is 8.10. The van der Waals surface area contributed by atoms with E-state index in [1.54, 1.807) is 25.3 Å². The van der Waals surface area contributed by atoms with Gasteiger partial charge in [-0.2, -0.15) is 0 Å². The largest absolute Gasteiger partial charge is 0.480 e. The van der Waals surface area contributed by atoms with Crippen LogP contribution in [0.3, 0.4) is 0 Å². The molecule has 5 rings (SSSR count). The maximum absolute atomic E-state index is 12.4. The summed E-state index contributed by atoms with van der Waals surface area (Å²) in [5, 5.41) is 14.3. The average molecular weight is 476 g/mol. The normalized spacial score (nSPS) is 16.8.